The van der Waals surface area contributed by atoms with E-state index >= 15 is 0 Å². The number of nitrogens with zero attached hydrogens (tertiary/aromatic N) is 1. The summed E-state index contributed by atoms with van der Waals surface area (Å²) in [5.41, 5.74) is 6.19. The van der Waals surface area contributed by atoms with Crippen molar-refractivity contribution in [3.05, 3.63) is 16.1 Å². The normalized spacial score (nSPS) is 20.4. The summed E-state index contributed by atoms with van der Waals surface area (Å²) in [6, 6.07) is -0.540. The Labute approximate surface area is 126 Å². The summed E-state index contributed by atoms with van der Waals surface area (Å²) in [6.45, 7) is 2.40. The van der Waals surface area contributed by atoms with Gasteiger partial charge in [-0.1, -0.05) is 19.3 Å². The Morgan fingerprint density at radius 2 is 2.05 bits per heavy atom. The van der Waals surface area contributed by atoms with Crippen molar-refractivity contribution in [2.75, 3.05) is 6.61 Å². The van der Waals surface area contributed by atoms with E-state index in [9.17, 15) is 13.2 Å². The van der Waals surface area contributed by atoms with Gasteiger partial charge in [0.1, 0.15) is 0 Å². The van der Waals surface area contributed by atoms with Crippen LogP contribution in [0.3, 0.4) is 0 Å². The van der Waals surface area contributed by atoms with Gasteiger partial charge in [-0.25, -0.2) is 4.98 Å². The first-order valence-corrected chi connectivity index (χ1v) is 8.15. The third-order valence-corrected chi connectivity index (χ3v) is 5.07. The largest absolute Gasteiger partial charge is 0.443 e. The molecule has 3 nitrogen and oxygen atoms in total. The summed E-state index contributed by atoms with van der Waals surface area (Å²) in [5, 5.41) is -0.841. The van der Waals surface area contributed by atoms with Crippen molar-refractivity contribution < 1.29 is 17.9 Å². The van der Waals surface area contributed by atoms with Crippen molar-refractivity contribution in [1.29, 1.82) is 0 Å². The number of alkyl halides is 3. The number of nitrogens with two attached hydrogens (primary N) is 1. The van der Waals surface area contributed by atoms with E-state index in [0.29, 0.717) is 28.7 Å². The van der Waals surface area contributed by atoms with Gasteiger partial charge in [0.05, 0.1) is 12.1 Å². The molecular weight excluding hydrogens is 301 g/mol. The molecule has 1 aromatic heterocycles. The average Bonchev–Trinajstić information content (AvgIpc) is 2.95. The smallest absolute Gasteiger partial charge is 0.376 e. The van der Waals surface area contributed by atoms with Crippen LogP contribution in [0.4, 0.5) is 13.2 Å². The molecule has 1 aromatic rings. The molecule has 0 spiro atoms. The van der Waals surface area contributed by atoms with Crippen LogP contribution in [0.25, 0.3) is 0 Å². The molecule has 0 aliphatic heterocycles. The van der Waals surface area contributed by atoms with Gasteiger partial charge in [-0.05, 0) is 25.7 Å². The fraction of sp³-hybridized carbons (Fsp3) is 0.786. The second-order valence-electron chi connectivity index (χ2n) is 5.41. The molecule has 120 valence electrons. The Hall–Kier alpha value is -0.660. The van der Waals surface area contributed by atoms with E-state index in [4.69, 9.17) is 10.5 Å². The molecule has 1 fully saturated rings. The van der Waals surface area contributed by atoms with Crippen molar-refractivity contribution in [1.82, 2.24) is 4.98 Å². The summed E-state index contributed by atoms with van der Waals surface area (Å²) in [4.78, 5) is 3.90. The molecule has 0 bridgehead atoms. The molecular formula is C14H21F3N2OS. The van der Waals surface area contributed by atoms with Crippen LogP contribution in [-0.4, -0.2) is 17.7 Å². The monoisotopic (exact) mass is 322 g/mol. The zero-order valence-electron chi connectivity index (χ0n) is 12.0. The molecule has 1 heterocycles. The number of ether oxygens (including phenoxy) is 1. The number of rotatable bonds is 5. The van der Waals surface area contributed by atoms with E-state index in [0.717, 1.165) is 25.7 Å². The van der Waals surface area contributed by atoms with Gasteiger partial charge in [0, 0.05) is 17.7 Å². The molecule has 2 unspecified atom stereocenters. The maximum atomic E-state index is 12.6. The Morgan fingerprint density at radius 1 is 1.38 bits per heavy atom. The van der Waals surface area contributed by atoms with Gasteiger partial charge < -0.3 is 10.5 Å². The third kappa shape index (κ3) is 4.17. The van der Waals surface area contributed by atoms with Gasteiger partial charge in [0.25, 0.3) is 0 Å². The Balaban J connectivity index is 2.13. The van der Waals surface area contributed by atoms with Crippen molar-refractivity contribution in [2.45, 2.75) is 57.3 Å². The second-order valence-corrected chi connectivity index (χ2v) is 6.47. The molecule has 0 aromatic carbocycles. The number of hydrogen-bond donors (Lipinski definition) is 1. The van der Waals surface area contributed by atoms with Gasteiger partial charge in [-0.3, -0.25) is 0 Å². The SMILES string of the molecule is CCOC(C1CCCCC1)C(N)c1cnc(C(F)(F)F)s1. The maximum Gasteiger partial charge on any atom is 0.443 e. The van der Waals surface area contributed by atoms with Gasteiger partial charge in [-0.2, -0.15) is 13.2 Å². The van der Waals surface area contributed by atoms with E-state index < -0.39 is 17.2 Å². The summed E-state index contributed by atoms with van der Waals surface area (Å²) < 4.78 is 43.7. The lowest BCUT2D eigenvalue weighted by molar-refractivity contribution is -0.137. The maximum absolute atomic E-state index is 12.6. The highest BCUT2D eigenvalue weighted by molar-refractivity contribution is 7.11. The minimum absolute atomic E-state index is 0.225. The predicted octanol–water partition coefficient (Wildman–Crippen LogP) is 4.15. The zero-order valence-corrected chi connectivity index (χ0v) is 12.8. The van der Waals surface area contributed by atoms with E-state index in [1.54, 1.807) is 0 Å². The highest BCUT2D eigenvalue weighted by Gasteiger charge is 2.37. The first-order valence-electron chi connectivity index (χ1n) is 7.33. The van der Waals surface area contributed by atoms with E-state index in [1.165, 1.54) is 12.6 Å². The Bertz CT molecular complexity index is 444. The van der Waals surface area contributed by atoms with E-state index in [2.05, 4.69) is 4.98 Å². The van der Waals surface area contributed by atoms with E-state index in [1.807, 2.05) is 6.92 Å². The Kier molecular flexibility index (Phi) is 5.62. The topological polar surface area (TPSA) is 48.1 Å². The molecule has 0 amide bonds. The average molecular weight is 322 g/mol. The van der Waals surface area contributed by atoms with Crippen LogP contribution in [-0.2, 0) is 10.9 Å². The van der Waals surface area contributed by atoms with Crippen LogP contribution >= 0.6 is 11.3 Å². The van der Waals surface area contributed by atoms with Gasteiger partial charge in [0.15, 0.2) is 5.01 Å². The third-order valence-electron chi connectivity index (χ3n) is 3.92. The fourth-order valence-corrected chi connectivity index (χ4v) is 3.74. The molecule has 1 saturated carbocycles. The van der Waals surface area contributed by atoms with Gasteiger partial charge in [-0.15, -0.1) is 11.3 Å². The van der Waals surface area contributed by atoms with Crippen LogP contribution in [0.2, 0.25) is 0 Å². The highest BCUT2D eigenvalue weighted by Crippen LogP contribution is 2.38. The van der Waals surface area contributed by atoms with Crippen LogP contribution in [0, 0.1) is 5.92 Å². The summed E-state index contributed by atoms with van der Waals surface area (Å²) in [6.07, 6.45) is 2.16. The van der Waals surface area contributed by atoms with Gasteiger partial charge >= 0.3 is 6.18 Å². The molecule has 1 aliphatic carbocycles. The van der Waals surface area contributed by atoms with Crippen molar-refractivity contribution >= 4 is 11.3 Å². The van der Waals surface area contributed by atoms with Crippen molar-refractivity contribution in [3.8, 4) is 0 Å². The molecule has 21 heavy (non-hydrogen) atoms. The van der Waals surface area contributed by atoms with Gasteiger partial charge in [0.2, 0.25) is 0 Å². The predicted molar refractivity (Wildman–Crippen MR) is 76.0 cm³/mol. The molecule has 7 heteroatoms. The number of hydrogen-bond acceptors (Lipinski definition) is 4. The van der Waals surface area contributed by atoms with Crippen molar-refractivity contribution in [2.24, 2.45) is 11.7 Å². The van der Waals surface area contributed by atoms with E-state index in [-0.39, 0.29) is 6.10 Å². The number of halogens is 3. The van der Waals surface area contributed by atoms with Crippen LogP contribution in [0.5, 0.6) is 0 Å². The Morgan fingerprint density at radius 3 is 2.57 bits per heavy atom. The lowest BCUT2D eigenvalue weighted by Gasteiger charge is -2.33. The highest BCUT2D eigenvalue weighted by atomic mass is 32.1. The first kappa shape index (κ1) is 16.7. The summed E-state index contributed by atoms with van der Waals surface area (Å²) in [7, 11) is 0. The van der Waals surface area contributed by atoms with Crippen molar-refractivity contribution in [3.63, 3.8) is 0 Å². The lowest BCUT2D eigenvalue weighted by atomic mass is 9.82. The molecule has 2 atom stereocenters. The molecule has 1 aliphatic rings. The van der Waals surface area contributed by atoms with Crippen LogP contribution in [0.1, 0.15) is 55.0 Å². The summed E-state index contributed by atoms with van der Waals surface area (Å²) >= 11 is 0.625. The quantitative estimate of drug-likeness (QED) is 0.886. The molecule has 0 saturated heterocycles. The molecule has 2 N–H and O–H groups in total. The lowest BCUT2D eigenvalue weighted by Crippen LogP contribution is -2.36. The minimum Gasteiger partial charge on any atom is -0.376 e. The standard InChI is InChI=1S/C14H21F3N2OS/c1-2-20-12(9-6-4-3-5-7-9)11(18)10-8-19-13(21-10)14(15,16)17/h8-9,11-12H,2-7,18H2,1H3. The summed E-state index contributed by atoms with van der Waals surface area (Å²) in [5.74, 6) is 0.324. The number of thiazole rings is 1. The minimum atomic E-state index is -4.41. The molecule has 0 radical (unpaired) electrons. The number of aromatic nitrogens is 1. The molecule has 2 rings (SSSR count). The first-order chi connectivity index (χ1) is 9.93. The van der Waals surface area contributed by atoms with Crippen LogP contribution < -0.4 is 5.73 Å². The fourth-order valence-electron chi connectivity index (χ4n) is 2.92. The second kappa shape index (κ2) is 7.07. The zero-order chi connectivity index (χ0) is 15.5. The van der Waals surface area contributed by atoms with Crippen LogP contribution in [0.15, 0.2) is 6.20 Å².